The van der Waals surface area contributed by atoms with Gasteiger partial charge in [0.1, 0.15) is 11.5 Å². The van der Waals surface area contributed by atoms with E-state index in [1.54, 1.807) is 38.1 Å². The summed E-state index contributed by atoms with van der Waals surface area (Å²) < 4.78 is 16.3. The lowest BCUT2D eigenvalue weighted by atomic mass is 10.1. The number of esters is 1. The maximum Gasteiger partial charge on any atom is 0.347 e. The Morgan fingerprint density at radius 3 is 2.89 bits per heavy atom. The molecule has 2 aromatic carbocycles. The molecule has 6 heteroatoms. The van der Waals surface area contributed by atoms with Crippen LogP contribution in [0.5, 0.6) is 11.5 Å². The molecule has 0 radical (unpaired) electrons. The number of H-pyrrole nitrogens is 1. The summed E-state index contributed by atoms with van der Waals surface area (Å²) in [5.74, 6) is 0.450. The largest absolute Gasteiger partial charge is 0.479 e. The van der Waals surface area contributed by atoms with Crippen molar-refractivity contribution in [2.45, 2.75) is 20.0 Å². The van der Waals surface area contributed by atoms with Crippen molar-refractivity contribution in [2.24, 2.45) is 0 Å². The molecule has 1 aliphatic rings. The van der Waals surface area contributed by atoms with Crippen LogP contribution in [-0.2, 0) is 9.53 Å². The molecular weight excluding hydrogens is 358 g/mol. The first-order valence-electron chi connectivity index (χ1n) is 9.04. The predicted molar refractivity (Wildman–Crippen MR) is 104 cm³/mol. The van der Waals surface area contributed by atoms with Crippen molar-refractivity contribution < 1.29 is 23.8 Å². The fourth-order valence-electron chi connectivity index (χ4n) is 3.11. The van der Waals surface area contributed by atoms with E-state index in [-0.39, 0.29) is 18.1 Å². The summed E-state index contributed by atoms with van der Waals surface area (Å²) in [5, 5.41) is 1.01. The van der Waals surface area contributed by atoms with Gasteiger partial charge in [0.05, 0.1) is 12.2 Å². The summed E-state index contributed by atoms with van der Waals surface area (Å²) in [5.41, 5.74) is 2.32. The molecule has 1 aromatic heterocycles. The molecule has 1 aliphatic heterocycles. The van der Waals surface area contributed by atoms with E-state index in [9.17, 15) is 9.59 Å². The monoisotopic (exact) mass is 377 g/mol. The Morgan fingerprint density at radius 2 is 2.07 bits per heavy atom. The average molecular weight is 377 g/mol. The normalized spacial score (nSPS) is 15.4. The van der Waals surface area contributed by atoms with Gasteiger partial charge in [0, 0.05) is 28.7 Å². The highest BCUT2D eigenvalue weighted by molar-refractivity contribution is 6.15. The number of carbonyl (C=O) groups is 2. The van der Waals surface area contributed by atoms with Crippen molar-refractivity contribution in [3.05, 3.63) is 65.5 Å². The third kappa shape index (κ3) is 3.24. The van der Waals surface area contributed by atoms with Crippen molar-refractivity contribution in [1.29, 1.82) is 0 Å². The number of hydrogen-bond donors (Lipinski definition) is 1. The van der Waals surface area contributed by atoms with Crippen molar-refractivity contribution in [2.75, 3.05) is 6.61 Å². The molecule has 0 saturated carbocycles. The van der Waals surface area contributed by atoms with Gasteiger partial charge in [-0.05, 0) is 38.1 Å². The van der Waals surface area contributed by atoms with Crippen molar-refractivity contribution >= 4 is 28.7 Å². The molecule has 28 heavy (non-hydrogen) atoms. The van der Waals surface area contributed by atoms with Crippen LogP contribution in [0.25, 0.3) is 17.0 Å². The molecule has 1 N–H and O–H groups in total. The summed E-state index contributed by atoms with van der Waals surface area (Å²) in [4.78, 5) is 27.6. The number of fused-ring (bicyclic) bond motifs is 2. The lowest BCUT2D eigenvalue weighted by Crippen LogP contribution is -2.26. The Morgan fingerprint density at radius 1 is 1.25 bits per heavy atom. The number of rotatable bonds is 5. The van der Waals surface area contributed by atoms with Gasteiger partial charge in [-0.15, -0.1) is 0 Å². The predicted octanol–water partition coefficient (Wildman–Crippen LogP) is 4.11. The number of allylic oxidation sites excluding steroid dienone is 1. The SMILES string of the molecule is CCOC(=O)[C@H](C)Oc1ccc2c(c1)O/C(=C/c1c[nH]c3ccccc13)C2=O. The molecule has 0 spiro atoms. The van der Waals surface area contributed by atoms with E-state index in [0.29, 0.717) is 17.1 Å². The Hall–Kier alpha value is -3.54. The minimum Gasteiger partial charge on any atom is -0.479 e. The highest BCUT2D eigenvalue weighted by Crippen LogP contribution is 2.35. The molecule has 0 aliphatic carbocycles. The second-order valence-electron chi connectivity index (χ2n) is 6.40. The van der Waals surface area contributed by atoms with Crippen LogP contribution in [0.1, 0.15) is 29.8 Å². The van der Waals surface area contributed by atoms with E-state index in [4.69, 9.17) is 14.2 Å². The van der Waals surface area contributed by atoms with Gasteiger partial charge in [-0.2, -0.15) is 0 Å². The quantitative estimate of drug-likeness (QED) is 0.535. The van der Waals surface area contributed by atoms with Crippen LogP contribution in [0.3, 0.4) is 0 Å². The summed E-state index contributed by atoms with van der Waals surface area (Å²) in [6.07, 6.45) is 2.81. The molecular formula is C22H19NO5. The number of aromatic amines is 1. The Kier molecular flexibility index (Phi) is 4.61. The summed E-state index contributed by atoms with van der Waals surface area (Å²) in [6.45, 7) is 3.64. The first-order chi connectivity index (χ1) is 13.6. The van der Waals surface area contributed by atoms with Crippen LogP contribution in [0.15, 0.2) is 54.4 Å². The number of aromatic nitrogens is 1. The lowest BCUT2D eigenvalue weighted by Gasteiger charge is -2.13. The number of benzene rings is 2. The molecule has 0 amide bonds. The highest BCUT2D eigenvalue weighted by atomic mass is 16.6. The molecule has 0 bridgehead atoms. The van der Waals surface area contributed by atoms with Gasteiger partial charge in [0.2, 0.25) is 5.78 Å². The topological polar surface area (TPSA) is 77.6 Å². The summed E-state index contributed by atoms with van der Waals surface area (Å²) in [7, 11) is 0. The van der Waals surface area contributed by atoms with Crippen LogP contribution >= 0.6 is 0 Å². The van der Waals surface area contributed by atoms with Crippen LogP contribution < -0.4 is 9.47 Å². The van der Waals surface area contributed by atoms with E-state index in [1.165, 1.54) is 0 Å². The molecule has 4 rings (SSSR count). The number of carbonyl (C=O) groups excluding carboxylic acids is 2. The first-order valence-corrected chi connectivity index (χ1v) is 9.04. The van der Waals surface area contributed by atoms with E-state index < -0.39 is 12.1 Å². The Bertz CT molecular complexity index is 1100. The minimum absolute atomic E-state index is 0.190. The number of nitrogens with one attached hydrogen (secondary N) is 1. The molecule has 6 nitrogen and oxygen atoms in total. The molecule has 1 atom stereocenters. The first kappa shape index (κ1) is 17.9. The molecule has 0 unspecified atom stereocenters. The zero-order valence-electron chi connectivity index (χ0n) is 15.5. The third-order valence-electron chi connectivity index (χ3n) is 4.48. The van der Waals surface area contributed by atoms with E-state index in [1.807, 2.05) is 30.5 Å². The fraction of sp³-hybridized carbons (Fsp3) is 0.182. The Labute approximate surface area is 161 Å². The van der Waals surface area contributed by atoms with Crippen molar-refractivity contribution in [3.63, 3.8) is 0 Å². The third-order valence-corrected chi connectivity index (χ3v) is 4.48. The van der Waals surface area contributed by atoms with Crippen LogP contribution in [-0.4, -0.2) is 29.4 Å². The molecule has 3 aromatic rings. The van der Waals surface area contributed by atoms with E-state index >= 15 is 0 Å². The van der Waals surface area contributed by atoms with Gasteiger partial charge in [0.15, 0.2) is 11.9 Å². The number of hydrogen-bond acceptors (Lipinski definition) is 5. The standard InChI is InChI=1S/C22H19NO5/c1-3-26-22(25)13(2)27-15-8-9-17-19(11-15)28-20(21(17)24)10-14-12-23-18-7-5-4-6-16(14)18/h4-13,23H,3H2,1-2H3/b20-10+/t13-/m0/s1. The molecule has 0 saturated heterocycles. The second-order valence-corrected chi connectivity index (χ2v) is 6.40. The van der Waals surface area contributed by atoms with Crippen molar-refractivity contribution in [3.8, 4) is 11.5 Å². The fourth-order valence-corrected chi connectivity index (χ4v) is 3.11. The average Bonchev–Trinajstić information content (AvgIpc) is 3.23. The molecule has 2 heterocycles. The second kappa shape index (κ2) is 7.23. The van der Waals surface area contributed by atoms with Crippen molar-refractivity contribution in [1.82, 2.24) is 4.98 Å². The Balaban J connectivity index is 1.57. The number of ketones is 1. The van der Waals surface area contributed by atoms with E-state index in [0.717, 1.165) is 16.5 Å². The summed E-state index contributed by atoms with van der Waals surface area (Å²) in [6, 6.07) is 12.7. The molecule has 142 valence electrons. The van der Waals surface area contributed by atoms with Gasteiger partial charge in [0.25, 0.3) is 0 Å². The van der Waals surface area contributed by atoms with Gasteiger partial charge in [-0.25, -0.2) is 4.79 Å². The van der Waals surface area contributed by atoms with Gasteiger partial charge in [-0.3, -0.25) is 4.79 Å². The van der Waals surface area contributed by atoms with E-state index in [2.05, 4.69) is 4.98 Å². The van der Waals surface area contributed by atoms with Crippen LogP contribution in [0.4, 0.5) is 0 Å². The summed E-state index contributed by atoms with van der Waals surface area (Å²) >= 11 is 0. The number of ether oxygens (including phenoxy) is 3. The van der Waals surface area contributed by atoms with Crippen LogP contribution in [0.2, 0.25) is 0 Å². The highest BCUT2D eigenvalue weighted by Gasteiger charge is 2.28. The maximum absolute atomic E-state index is 12.7. The van der Waals surface area contributed by atoms with Gasteiger partial charge < -0.3 is 19.2 Å². The molecule has 0 fully saturated rings. The van der Waals surface area contributed by atoms with Gasteiger partial charge >= 0.3 is 5.97 Å². The van der Waals surface area contributed by atoms with Crippen LogP contribution in [0, 0.1) is 0 Å². The maximum atomic E-state index is 12.7. The smallest absolute Gasteiger partial charge is 0.347 e. The lowest BCUT2D eigenvalue weighted by molar-refractivity contribution is -0.150. The zero-order chi connectivity index (χ0) is 19.7. The minimum atomic E-state index is -0.753. The number of Topliss-reactive ketones (excluding diaryl/α,β-unsaturated/α-hetero) is 1. The zero-order valence-corrected chi connectivity index (χ0v) is 15.5. The van der Waals surface area contributed by atoms with Gasteiger partial charge in [-0.1, -0.05) is 18.2 Å². The number of para-hydroxylation sites is 1.